The van der Waals surface area contributed by atoms with Crippen LogP contribution in [-0.4, -0.2) is 36.8 Å². The molecule has 4 nitrogen and oxygen atoms in total. The molecule has 4 heteroatoms. The van der Waals surface area contributed by atoms with E-state index in [1.165, 1.54) is 11.1 Å². The lowest BCUT2D eigenvalue weighted by Gasteiger charge is -2.17. The van der Waals surface area contributed by atoms with Gasteiger partial charge in [0.05, 0.1) is 13.0 Å². The van der Waals surface area contributed by atoms with Crippen LogP contribution in [0.15, 0.2) is 23.2 Å². The molecule has 0 saturated carbocycles. The number of amides is 1. The Morgan fingerprint density at radius 1 is 1.25 bits per heavy atom. The van der Waals surface area contributed by atoms with Crippen molar-refractivity contribution in [1.29, 1.82) is 0 Å². The molecule has 1 aliphatic heterocycles. The van der Waals surface area contributed by atoms with Gasteiger partial charge in [-0.3, -0.25) is 9.79 Å². The number of carbonyl (C=O) groups excluding carboxylic acids is 1. The molecule has 0 radical (unpaired) electrons. The van der Waals surface area contributed by atoms with Crippen molar-refractivity contribution in [3.63, 3.8) is 0 Å². The molecule has 1 heterocycles. The summed E-state index contributed by atoms with van der Waals surface area (Å²) in [6.45, 7) is 5.65. The highest BCUT2D eigenvalue weighted by molar-refractivity contribution is 6.07. The average Bonchev–Trinajstić information content (AvgIpc) is 2.61. The fourth-order valence-electron chi connectivity index (χ4n) is 2.42. The lowest BCUT2D eigenvalue weighted by molar-refractivity contribution is -0.128. The van der Waals surface area contributed by atoms with Crippen molar-refractivity contribution in [3.8, 4) is 0 Å². The van der Waals surface area contributed by atoms with E-state index in [4.69, 9.17) is 0 Å². The summed E-state index contributed by atoms with van der Waals surface area (Å²) in [6, 6.07) is 6.36. The molecule has 108 valence electrons. The number of para-hydroxylation sites is 1. The van der Waals surface area contributed by atoms with Gasteiger partial charge in [-0.1, -0.05) is 32.0 Å². The van der Waals surface area contributed by atoms with E-state index in [0.717, 1.165) is 24.4 Å². The van der Waals surface area contributed by atoms with Crippen LogP contribution < -0.4 is 5.32 Å². The standard InChI is InChI=1S/C16H23N3O/c1-4-12-7-6-8-13(5-2)16(12)18-14-11-15(20)19(3)10-9-17-14/h6-8H,4-5,9-11H2,1-3H3,(H,17,18). The van der Waals surface area contributed by atoms with Crippen LogP contribution >= 0.6 is 0 Å². The maximum absolute atomic E-state index is 11.9. The second-order valence-electron chi connectivity index (χ2n) is 5.10. The zero-order chi connectivity index (χ0) is 14.5. The normalized spacial score (nSPS) is 15.8. The molecule has 0 unspecified atom stereocenters. The Hall–Kier alpha value is -1.84. The van der Waals surface area contributed by atoms with Crippen molar-refractivity contribution >= 4 is 17.4 Å². The van der Waals surface area contributed by atoms with Gasteiger partial charge in [0.1, 0.15) is 5.84 Å². The monoisotopic (exact) mass is 273 g/mol. The van der Waals surface area contributed by atoms with Crippen LogP contribution in [0.1, 0.15) is 31.4 Å². The highest BCUT2D eigenvalue weighted by Crippen LogP contribution is 2.23. The van der Waals surface area contributed by atoms with E-state index in [0.29, 0.717) is 19.5 Å². The molecule has 1 N–H and O–H groups in total. The number of hydrogen-bond acceptors (Lipinski definition) is 3. The molecule has 1 amide bonds. The van der Waals surface area contributed by atoms with Crippen LogP contribution in [0.2, 0.25) is 0 Å². The number of anilines is 1. The van der Waals surface area contributed by atoms with Crippen LogP contribution in [0.3, 0.4) is 0 Å². The SMILES string of the molecule is CCc1cccc(CC)c1NC1=NCCN(C)C(=O)C1. The first-order chi connectivity index (χ1) is 9.65. The molecule has 1 aromatic rings. The topological polar surface area (TPSA) is 44.7 Å². The Balaban J connectivity index is 2.25. The summed E-state index contributed by atoms with van der Waals surface area (Å²) in [6.07, 6.45) is 2.30. The maximum Gasteiger partial charge on any atom is 0.229 e. The first-order valence-corrected chi connectivity index (χ1v) is 7.30. The highest BCUT2D eigenvalue weighted by atomic mass is 16.2. The second kappa shape index (κ2) is 6.55. The van der Waals surface area contributed by atoms with Crippen molar-refractivity contribution in [2.45, 2.75) is 33.1 Å². The smallest absolute Gasteiger partial charge is 0.229 e. The van der Waals surface area contributed by atoms with Gasteiger partial charge in [-0.2, -0.15) is 0 Å². The van der Waals surface area contributed by atoms with Crippen molar-refractivity contribution in [2.75, 3.05) is 25.5 Å². The molecule has 0 spiro atoms. The summed E-state index contributed by atoms with van der Waals surface area (Å²) in [5.41, 5.74) is 3.68. The molecule has 20 heavy (non-hydrogen) atoms. The number of aryl methyl sites for hydroxylation is 2. The minimum Gasteiger partial charge on any atom is -0.344 e. The minimum atomic E-state index is 0.126. The van der Waals surface area contributed by atoms with Gasteiger partial charge in [-0.25, -0.2) is 0 Å². The Kier molecular flexibility index (Phi) is 4.77. The summed E-state index contributed by atoms with van der Waals surface area (Å²) < 4.78 is 0. The highest BCUT2D eigenvalue weighted by Gasteiger charge is 2.17. The average molecular weight is 273 g/mol. The molecule has 2 rings (SSSR count). The summed E-state index contributed by atoms with van der Waals surface area (Å²) in [5, 5.41) is 3.41. The number of likely N-dealkylation sites (N-methyl/N-ethyl adjacent to an activating group) is 1. The zero-order valence-corrected chi connectivity index (χ0v) is 12.6. The maximum atomic E-state index is 11.9. The third-order valence-corrected chi connectivity index (χ3v) is 3.75. The molecule has 0 fully saturated rings. The van der Waals surface area contributed by atoms with Gasteiger partial charge in [0.15, 0.2) is 0 Å². The fourth-order valence-corrected chi connectivity index (χ4v) is 2.42. The molecule has 0 saturated heterocycles. The van der Waals surface area contributed by atoms with Crippen LogP contribution in [-0.2, 0) is 17.6 Å². The van der Waals surface area contributed by atoms with Crippen molar-refractivity contribution in [2.24, 2.45) is 4.99 Å². The fraction of sp³-hybridized carbons (Fsp3) is 0.500. The number of amidine groups is 1. The molecule has 0 aliphatic carbocycles. The Morgan fingerprint density at radius 3 is 2.50 bits per heavy atom. The van der Waals surface area contributed by atoms with Gasteiger partial charge >= 0.3 is 0 Å². The number of hydrogen-bond donors (Lipinski definition) is 1. The summed E-state index contributed by atoms with van der Waals surface area (Å²) in [5.74, 6) is 0.913. The Morgan fingerprint density at radius 2 is 1.90 bits per heavy atom. The van der Waals surface area contributed by atoms with Gasteiger partial charge in [0.25, 0.3) is 0 Å². The van der Waals surface area contributed by atoms with Gasteiger partial charge in [0.2, 0.25) is 5.91 Å². The Bertz CT molecular complexity index is 500. The van der Waals surface area contributed by atoms with E-state index in [1.807, 2.05) is 7.05 Å². The predicted octanol–water partition coefficient (Wildman–Crippen LogP) is 2.48. The van der Waals surface area contributed by atoms with E-state index in [9.17, 15) is 4.79 Å². The zero-order valence-electron chi connectivity index (χ0n) is 12.6. The predicted molar refractivity (Wildman–Crippen MR) is 83.4 cm³/mol. The molecule has 0 atom stereocenters. The molecular weight excluding hydrogens is 250 g/mol. The number of carbonyl (C=O) groups is 1. The van der Waals surface area contributed by atoms with E-state index >= 15 is 0 Å². The summed E-state index contributed by atoms with van der Waals surface area (Å²) in [4.78, 5) is 18.2. The van der Waals surface area contributed by atoms with E-state index in [2.05, 4.69) is 42.4 Å². The molecular formula is C16H23N3O. The van der Waals surface area contributed by atoms with Gasteiger partial charge in [0, 0.05) is 19.3 Å². The molecule has 1 aromatic carbocycles. The number of benzene rings is 1. The van der Waals surface area contributed by atoms with Gasteiger partial charge < -0.3 is 10.2 Å². The summed E-state index contributed by atoms with van der Waals surface area (Å²) >= 11 is 0. The minimum absolute atomic E-state index is 0.126. The quantitative estimate of drug-likeness (QED) is 0.919. The van der Waals surface area contributed by atoms with Crippen LogP contribution in [0.5, 0.6) is 0 Å². The summed E-state index contributed by atoms with van der Waals surface area (Å²) in [7, 11) is 1.83. The van der Waals surface area contributed by atoms with Crippen molar-refractivity contribution in [3.05, 3.63) is 29.3 Å². The number of aliphatic imine (C=N–C) groups is 1. The first kappa shape index (κ1) is 14.6. The lowest BCUT2D eigenvalue weighted by atomic mass is 10.0. The van der Waals surface area contributed by atoms with E-state index < -0.39 is 0 Å². The first-order valence-electron chi connectivity index (χ1n) is 7.30. The number of nitrogens with zero attached hydrogens (tertiary/aromatic N) is 2. The molecule has 1 aliphatic rings. The third-order valence-electron chi connectivity index (χ3n) is 3.75. The van der Waals surface area contributed by atoms with Crippen LogP contribution in [0, 0.1) is 0 Å². The Labute approximate surface area is 120 Å². The third kappa shape index (κ3) is 3.18. The molecule has 0 bridgehead atoms. The van der Waals surface area contributed by atoms with Gasteiger partial charge in [-0.15, -0.1) is 0 Å². The number of rotatable bonds is 3. The van der Waals surface area contributed by atoms with Crippen LogP contribution in [0.25, 0.3) is 0 Å². The van der Waals surface area contributed by atoms with Crippen LogP contribution in [0.4, 0.5) is 5.69 Å². The van der Waals surface area contributed by atoms with Crippen molar-refractivity contribution < 1.29 is 4.79 Å². The van der Waals surface area contributed by atoms with Gasteiger partial charge in [-0.05, 0) is 24.0 Å². The molecule has 0 aromatic heterocycles. The van der Waals surface area contributed by atoms with E-state index in [1.54, 1.807) is 4.90 Å². The second-order valence-corrected chi connectivity index (χ2v) is 5.10. The largest absolute Gasteiger partial charge is 0.344 e. The van der Waals surface area contributed by atoms with Crippen molar-refractivity contribution in [1.82, 2.24) is 4.90 Å². The number of nitrogens with one attached hydrogen (secondary N) is 1. The van der Waals surface area contributed by atoms with E-state index in [-0.39, 0.29) is 5.91 Å². The lowest BCUT2D eigenvalue weighted by Crippen LogP contribution is -2.29.